The number of aliphatic carboxylic acids is 1. The Morgan fingerprint density at radius 2 is 2.00 bits per heavy atom. The first-order chi connectivity index (χ1) is 8.13. The third-order valence-corrected chi connectivity index (χ3v) is 3.69. The van der Waals surface area contributed by atoms with Gasteiger partial charge in [0.25, 0.3) is 0 Å². The molecule has 0 aliphatic heterocycles. The Kier molecular flexibility index (Phi) is 2.47. The van der Waals surface area contributed by atoms with Gasteiger partial charge >= 0.3 is 12.1 Å². The maximum Gasteiger partial charge on any atom is 0.418 e. The lowest BCUT2D eigenvalue weighted by Crippen LogP contribution is -2.28. The molecule has 1 aliphatic rings. The minimum atomic E-state index is -4.59. The number of rotatable bonds is 2. The van der Waals surface area contributed by atoms with Gasteiger partial charge in [-0.15, -0.1) is 0 Å². The normalized spacial score (nSPS) is 25.8. The van der Waals surface area contributed by atoms with Crippen LogP contribution in [0.25, 0.3) is 0 Å². The van der Waals surface area contributed by atoms with Crippen LogP contribution < -0.4 is 0 Å². The Bertz CT molecular complexity index is 510. The van der Waals surface area contributed by atoms with E-state index in [9.17, 15) is 23.1 Å². The van der Waals surface area contributed by atoms with Crippen molar-refractivity contribution in [3.8, 4) is 0 Å². The summed E-state index contributed by atoms with van der Waals surface area (Å²) >= 11 is 0. The molecule has 1 fully saturated rings. The van der Waals surface area contributed by atoms with Crippen LogP contribution in [-0.2, 0) is 16.4 Å². The molecule has 18 heavy (non-hydrogen) atoms. The molecule has 1 saturated carbocycles. The highest BCUT2D eigenvalue weighted by molar-refractivity contribution is 5.87. The molecule has 6 heteroatoms. The predicted molar refractivity (Wildman–Crippen MR) is 57.0 cm³/mol. The molecule has 1 aromatic heterocycles. The number of carbonyl (C=O) groups is 1. The fourth-order valence-electron chi connectivity index (χ4n) is 2.55. The van der Waals surface area contributed by atoms with Crippen LogP contribution in [-0.4, -0.2) is 16.1 Å². The van der Waals surface area contributed by atoms with Gasteiger partial charge in [-0.3, -0.25) is 9.78 Å². The van der Waals surface area contributed by atoms with Gasteiger partial charge in [-0.2, -0.15) is 13.2 Å². The van der Waals surface area contributed by atoms with E-state index < -0.39 is 28.5 Å². The molecular weight excluding hydrogens is 247 g/mol. The van der Waals surface area contributed by atoms with E-state index in [2.05, 4.69) is 4.98 Å². The van der Waals surface area contributed by atoms with Crippen molar-refractivity contribution in [3.63, 3.8) is 0 Å². The number of hydrogen-bond acceptors (Lipinski definition) is 2. The second-order valence-electron chi connectivity index (χ2n) is 5.19. The summed E-state index contributed by atoms with van der Waals surface area (Å²) < 4.78 is 38.7. The van der Waals surface area contributed by atoms with E-state index in [0.29, 0.717) is 6.20 Å². The van der Waals surface area contributed by atoms with Crippen molar-refractivity contribution < 1.29 is 23.1 Å². The van der Waals surface area contributed by atoms with E-state index in [1.807, 2.05) is 0 Å². The molecule has 1 aliphatic carbocycles. The van der Waals surface area contributed by atoms with Crippen molar-refractivity contribution in [1.82, 2.24) is 4.98 Å². The molecule has 0 saturated heterocycles. The number of pyridine rings is 1. The Balaban J connectivity index is 2.63. The highest BCUT2D eigenvalue weighted by Gasteiger charge is 2.69. The van der Waals surface area contributed by atoms with Gasteiger partial charge in [0.15, 0.2) is 0 Å². The predicted octanol–water partition coefficient (Wildman–Crippen LogP) is 2.85. The molecule has 98 valence electrons. The molecule has 3 nitrogen and oxygen atoms in total. The molecule has 1 atom stereocenters. The van der Waals surface area contributed by atoms with Gasteiger partial charge < -0.3 is 5.11 Å². The monoisotopic (exact) mass is 259 g/mol. The van der Waals surface area contributed by atoms with Crippen molar-refractivity contribution in [2.45, 2.75) is 31.9 Å². The molecule has 0 spiro atoms. The third-order valence-electron chi connectivity index (χ3n) is 3.69. The highest BCUT2D eigenvalue weighted by Crippen LogP contribution is 2.65. The number of hydrogen-bond donors (Lipinski definition) is 1. The number of halogens is 3. The second-order valence-corrected chi connectivity index (χ2v) is 5.19. The van der Waals surface area contributed by atoms with E-state index in [-0.39, 0.29) is 12.0 Å². The Morgan fingerprint density at radius 3 is 2.39 bits per heavy atom. The van der Waals surface area contributed by atoms with Gasteiger partial charge in [0.2, 0.25) is 0 Å². The Morgan fingerprint density at radius 1 is 1.44 bits per heavy atom. The van der Waals surface area contributed by atoms with Gasteiger partial charge in [-0.05, 0) is 23.5 Å². The molecule has 1 unspecified atom stereocenters. The molecular formula is C12H12F3NO2. The number of aromatic nitrogens is 1. The molecule has 2 rings (SSSR count). The fraction of sp³-hybridized carbons (Fsp3) is 0.500. The Labute approximate surface area is 102 Å². The van der Waals surface area contributed by atoms with E-state index in [4.69, 9.17) is 0 Å². The first-order valence-electron chi connectivity index (χ1n) is 5.38. The summed E-state index contributed by atoms with van der Waals surface area (Å²) in [6.45, 7) is 3.31. The van der Waals surface area contributed by atoms with Crippen LogP contribution >= 0.6 is 0 Å². The first-order valence-corrected chi connectivity index (χ1v) is 5.38. The number of carboxylic acids is 1. The first kappa shape index (κ1) is 12.9. The second kappa shape index (κ2) is 3.46. The lowest BCUT2D eigenvalue weighted by Gasteiger charge is -2.20. The molecule has 0 aromatic carbocycles. The zero-order valence-corrected chi connectivity index (χ0v) is 9.88. The van der Waals surface area contributed by atoms with Gasteiger partial charge in [0.1, 0.15) is 0 Å². The van der Waals surface area contributed by atoms with E-state index in [1.54, 1.807) is 13.8 Å². The minimum Gasteiger partial charge on any atom is -0.481 e. The van der Waals surface area contributed by atoms with Crippen molar-refractivity contribution in [2.75, 3.05) is 0 Å². The Hall–Kier alpha value is -1.59. The van der Waals surface area contributed by atoms with E-state index >= 15 is 0 Å². The van der Waals surface area contributed by atoms with Crippen LogP contribution in [0, 0.1) is 5.41 Å². The average Bonchev–Trinajstić information content (AvgIpc) is 2.82. The molecule has 1 aromatic rings. The quantitative estimate of drug-likeness (QED) is 0.888. The minimum absolute atomic E-state index is 0.192. The topological polar surface area (TPSA) is 50.2 Å². The zero-order valence-electron chi connectivity index (χ0n) is 9.88. The van der Waals surface area contributed by atoms with E-state index in [0.717, 1.165) is 6.07 Å². The van der Waals surface area contributed by atoms with Crippen LogP contribution in [0.5, 0.6) is 0 Å². The molecule has 0 radical (unpaired) electrons. The summed E-state index contributed by atoms with van der Waals surface area (Å²) in [4.78, 5) is 14.8. The van der Waals surface area contributed by atoms with Crippen molar-refractivity contribution in [3.05, 3.63) is 29.6 Å². The van der Waals surface area contributed by atoms with Crippen LogP contribution in [0.4, 0.5) is 13.2 Å². The van der Waals surface area contributed by atoms with Crippen LogP contribution in [0.1, 0.15) is 31.4 Å². The fourth-order valence-corrected chi connectivity index (χ4v) is 2.55. The number of carboxylic acid groups (broad SMARTS) is 1. The van der Waals surface area contributed by atoms with Crippen LogP contribution in [0.3, 0.4) is 0 Å². The van der Waals surface area contributed by atoms with Gasteiger partial charge in [0.05, 0.1) is 11.0 Å². The number of nitrogens with zero attached hydrogens (tertiary/aromatic N) is 1. The summed E-state index contributed by atoms with van der Waals surface area (Å²) in [5.74, 6) is -1.22. The molecule has 1 heterocycles. The van der Waals surface area contributed by atoms with Gasteiger partial charge in [-0.25, -0.2) is 0 Å². The number of alkyl halides is 3. The van der Waals surface area contributed by atoms with Crippen LogP contribution in [0.2, 0.25) is 0 Å². The zero-order chi connectivity index (χ0) is 13.8. The maximum atomic E-state index is 12.9. The van der Waals surface area contributed by atoms with Crippen molar-refractivity contribution in [1.29, 1.82) is 0 Å². The third kappa shape index (κ3) is 1.59. The SMILES string of the molecule is CC1(C)CC1(C(=O)O)c1ccncc1C(F)(F)F. The van der Waals surface area contributed by atoms with Gasteiger partial charge in [-0.1, -0.05) is 13.8 Å². The summed E-state index contributed by atoms with van der Waals surface area (Å²) in [5, 5.41) is 9.30. The molecule has 1 N–H and O–H groups in total. The van der Waals surface area contributed by atoms with Crippen molar-refractivity contribution >= 4 is 5.97 Å². The van der Waals surface area contributed by atoms with Gasteiger partial charge in [0, 0.05) is 12.4 Å². The lowest BCUT2D eigenvalue weighted by atomic mass is 9.85. The van der Waals surface area contributed by atoms with Crippen LogP contribution in [0.15, 0.2) is 18.5 Å². The average molecular weight is 259 g/mol. The smallest absolute Gasteiger partial charge is 0.418 e. The largest absolute Gasteiger partial charge is 0.481 e. The summed E-state index contributed by atoms with van der Waals surface area (Å²) in [6, 6.07) is 1.16. The molecule has 0 bridgehead atoms. The summed E-state index contributed by atoms with van der Waals surface area (Å²) in [6.07, 6.45) is -2.51. The summed E-state index contributed by atoms with van der Waals surface area (Å²) in [7, 11) is 0. The highest BCUT2D eigenvalue weighted by atomic mass is 19.4. The van der Waals surface area contributed by atoms with Crippen molar-refractivity contribution in [2.24, 2.45) is 5.41 Å². The molecule has 0 amide bonds. The summed E-state index contributed by atoms with van der Waals surface area (Å²) in [5.41, 5.74) is -3.29. The lowest BCUT2D eigenvalue weighted by molar-refractivity contribution is -0.143. The standard InChI is InChI=1S/C12H12F3NO2/c1-10(2)6-11(10,9(17)18)7-3-4-16-5-8(7)12(13,14)15/h3-5H,6H2,1-2H3,(H,17,18). The van der Waals surface area contributed by atoms with E-state index in [1.165, 1.54) is 6.20 Å². The maximum absolute atomic E-state index is 12.9.